The second kappa shape index (κ2) is 5.11. The van der Waals surface area contributed by atoms with E-state index in [1.165, 1.54) is 22.3 Å². The van der Waals surface area contributed by atoms with Gasteiger partial charge in [-0.3, -0.25) is 9.69 Å². The SMILES string of the molecule is Cc1cc2c(cc1C)CN(CC(=O)NC(C)C)C2. The average Bonchev–Trinajstić information content (AvgIpc) is 2.58. The predicted molar refractivity (Wildman–Crippen MR) is 73.3 cm³/mol. The zero-order chi connectivity index (χ0) is 13.3. The average molecular weight is 246 g/mol. The standard InChI is InChI=1S/C15H22N2O/c1-10(2)16-15(18)9-17-7-13-5-11(3)12(4)6-14(13)8-17/h5-6,10H,7-9H2,1-4H3,(H,16,18). The third-order valence-electron chi connectivity index (χ3n) is 3.42. The van der Waals surface area contributed by atoms with Gasteiger partial charge in [0.1, 0.15) is 0 Å². The van der Waals surface area contributed by atoms with Crippen LogP contribution in [0.1, 0.15) is 36.1 Å². The molecule has 1 aromatic rings. The topological polar surface area (TPSA) is 32.3 Å². The Morgan fingerprint density at radius 1 is 1.22 bits per heavy atom. The van der Waals surface area contributed by atoms with Gasteiger partial charge in [0, 0.05) is 19.1 Å². The van der Waals surface area contributed by atoms with E-state index in [9.17, 15) is 4.79 Å². The Morgan fingerprint density at radius 3 is 2.17 bits per heavy atom. The van der Waals surface area contributed by atoms with Gasteiger partial charge in [-0.05, 0) is 49.9 Å². The van der Waals surface area contributed by atoms with Crippen LogP contribution in [0.2, 0.25) is 0 Å². The second-order valence-electron chi connectivity index (χ2n) is 5.57. The fraction of sp³-hybridized carbons (Fsp3) is 0.533. The smallest absolute Gasteiger partial charge is 0.234 e. The Kier molecular flexibility index (Phi) is 3.71. The molecule has 3 heteroatoms. The van der Waals surface area contributed by atoms with Gasteiger partial charge in [0.15, 0.2) is 0 Å². The van der Waals surface area contributed by atoms with Gasteiger partial charge in [0.05, 0.1) is 6.54 Å². The lowest BCUT2D eigenvalue weighted by atomic mass is 10.0. The summed E-state index contributed by atoms with van der Waals surface area (Å²) in [6, 6.07) is 4.72. The summed E-state index contributed by atoms with van der Waals surface area (Å²) < 4.78 is 0. The van der Waals surface area contributed by atoms with Crippen molar-refractivity contribution in [2.24, 2.45) is 0 Å². The molecule has 2 rings (SSSR count). The molecule has 1 aliphatic heterocycles. The summed E-state index contributed by atoms with van der Waals surface area (Å²) in [5.41, 5.74) is 5.41. The Bertz CT molecular complexity index is 435. The van der Waals surface area contributed by atoms with Gasteiger partial charge in [-0.15, -0.1) is 0 Å². The van der Waals surface area contributed by atoms with Crippen molar-refractivity contribution in [3.8, 4) is 0 Å². The van der Waals surface area contributed by atoms with Crippen LogP contribution in [-0.4, -0.2) is 23.4 Å². The number of nitrogens with one attached hydrogen (secondary N) is 1. The van der Waals surface area contributed by atoms with Crippen molar-refractivity contribution >= 4 is 5.91 Å². The van der Waals surface area contributed by atoms with Crippen LogP contribution < -0.4 is 5.32 Å². The summed E-state index contributed by atoms with van der Waals surface area (Å²) in [5.74, 6) is 0.117. The molecule has 0 aromatic heterocycles. The molecule has 0 fully saturated rings. The van der Waals surface area contributed by atoms with Crippen LogP contribution in [0.3, 0.4) is 0 Å². The van der Waals surface area contributed by atoms with E-state index in [4.69, 9.17) is 0 Å². The van der Waals surface area contributed by atoms with E-state index < -0.39 is 0 Å². The highest BCUT2D eigenvalue weighted by Gasteiger charge is 2.21. The first kappa shape index (κ1) is 13.1. The zero-order valence-electron chi connectivity index (χ0n) is 11.7. The van der Waals surface area contributed by atoms with Gasteiger partial charge >= 0.3 is 0 Å². The van der Waals surface area contributed by atoms with Crippen molar-refractivity contribution in [2.75, 3.05) is 6.54 Å². The van der Waals surface area contributed by atoms with Crippen LogP contribution in [0.15, 0.2) is 12.1 Å². The zero-order valence-corrected chi connectivity index (χ0v) is 11.7. The van der Waals surface area contributed by atoms with Crippen molar-refractivity contribution in [1.29, 1.82) is 0 Å². The molecule has 0 radical (unpaired) electrons. The summed E-state index contributed by atoms with van der Waals surface area (Å²) in [6.07, 6.45) is 0. The number of hydrogen-bond acceptors (Lipinski definition) is 2. The lowest BCUT2D eigenvalue weighted by Crippen LogP contribution is -2.38. The fourth-order valence-electron chi connectivity index (χ4n) is 2.45. The Hall–Kier alpha value is -1.35. The van der Waals surface area contributed by atoms with Gasteiger partial charge in [0.2, 0.25) is 5.91 Å². The summed E-state index contributed by atoms with van der Waals surface area (Å²) in [5, 5.41) is 2.94. The Balaban J connectivity index is 2.00. The van der Waals surface area contributed by atoms with Crippen molar-refractivity contribution in [2.45, 2.75) is 46.8 Å². The van der Waals surface area contributed by atoms with E-state index in [-0.39, 0.29) is 11.9 Å². The van der Waals surface area contributed by atoms with Crippen LogP contribution in [0.25, 0.3) is 0 Å². The number of rotatable bonds is 3. The van der Waals surface area contributed by atoms with Gasteiger partial charge in [-0.1, -0.05) is 12.1 Å². The molecule has 0 bridgehead atoms. The van der Waals surface area contributed by atoms with E-state index in [2.05, 4.69) is 36.2 Å². The van der Waals surface area contributed by atoms with Gasteiger partial charge in [-0.25, -0.2) is 0 Å². The lowest BCUT2D eigenvalue weighted by Gasteiger charge is -2.15. The Morgan fingerprint density at radius 2 is 1.72 bits per heavy atom. The van der Waals surface area contributed by atoms with E-state index in [0.717, 1.165) is 13.1 Å². The first-order valence-corrected chi connectivity index (χ1v) is 6.56. The largest absolute Gasteiger partial charge is 0.353 e. The minimum absolute atomic E-state index is 0.117. The van der Waals surface area contributed by atoms with Crippen molar-refractivity contribution < 1.29 is 4.79 Å². The molecular formula is C15H22N2O. The summed E-state index contributed by atoms with van der Waals surface area (Å²) in [7, 11) is 0. The maximum absolute atomic E-state index is 11.7. The Labute approximate surface area is 109 Å². The molecule has 1 heterocycles. The molecule has 0 saturated heterocycles. The number of fused-ring (bicyclic) bond motifs is 1. The first-order chi connectivity index (χ1) is 8.45. The quantitative estimate of drug-likeness (QED) is 0.886. The maximum atomic E-state index is 11.7. The molecule has 98 valence electrons. The molecular weight excluding hydrogens is 224 g/mol. The highest BCUT2D eigenvalue weighted by atomic mass is 16.2. The number of carbonyl (C=O) groups excluding carboxylic acids is 1. The highest BCUT2D eigenvalue weighted by molar-refractivity contribution is 5.78. The molecule has 3 nitrogen and oxygen atoms in total. The van der Waals surface area contributed by atoms with Crippen LogP contribution in [0.4, 0.5) is 0 Å². The van der Waals surface area contributed by atoms with Gasteiger partial charge < -0.3 is 5.32 Å². The van der Waals surface area contributed by atoms with E-state index in [1.54, 1.807) is 0 Å². The minimum Gasteiger partial charge on any atom is -0.353 e. The highest BCUT2D eigenvalue weighted by Crippen LogP contribution is 2.25. The molecule has 0 unspecified atom stereocenters. The van der Waals surface area contributed by atoms with Crippen LogP contribution >= 0.6 is 0 Å². The number of hydrogen-bond donors (Lipinski definition) is 1. The molecule has 0 atom stereocenters. The number of carbonyl (C=O) groups is 1. The van der Waals surface area contributed by atoms with Crippen molar-refractivity contribution in [3.05, 3.63) is 34.4 Å². The molecule has 1 amide bonds. The number of nitrogens with zero attached hydrogens (tertiary/aromatic N) is 1. The summed E-state index contributed by atoms with van der Waals surface area (Å²) in [4.78, 5) is 13.9. The van der Waals surface area contributed by atoms with E-state index in [0.29, 0.717) is 6.54 Å². The fourth-order valence-corrected chi connectivity index (χ4v) is 2.45. The molecule has 18 heavy (non-hydrogen) atoms. The minimum atomic E-state index is 0.117. The van der Waals surface area contributed by atoms with Gasteiger partial charge in [0.25, 0.3) is 0 Å². The molecule has 1 aromatic carbocycles. The summed E-state index contributed by atoms with van der Waals surface area (Å²) in [6.45, 7) is 10.5. The third kappa shape index (κ3) is 2.91. The summed E-state index contributed by atoms with van der Waals surface area (Å²) >= 11 is 0. The monoisotopic (exact) mass is 246 g/mol. The number of amides is 1. The lowest BCUT2D eigenvalue weighted by molar-refractivity contribution is -0.122. The maximum Gasteiger partial charge on any atom is 0.234 e. The first-order valence-electron chi connectivity index (χ1n) is 6.56. The van der Waals surface area contributed by atoms with Crippen molar-refractivity contribution in [1.82, 2.24) is 10.2 Å². The normalized spacial score (nSPS) is 14.9. The molecule has 1 aliphatic rings. The number of aryl methyl sites for hydroxylation is 2. The second-order valence-corrected chi connectivity index (χ2v) is 5.57. The molecule has 0 saturated carbocycles. The molecule has 0 aliphatic carbocycles. The van der Waals surface area contributed by atoms with Crippen LogP contribution in [0, 0.1) is 13.8 Å². The van der Waals surface area contributed by atoms with Gasteiger partial charge in [-0.2, -0.15) is 0 Å². The number of benzene rings is 1. The van der Waals surface area contributed by atoms with E-state index >= 15 is 0 Å². The van der Waals surface area contributed by atoms with Crippen molar-refractivity contribution in [3.63, 3.8) is 0 Å². The van der Waals surface area contributed by atoms with Crippen LogP contribution in [-0.2, 0) is 17.9 Å². The predicted octanol–water partition coefficient (Wildman–Crippen LogP) is 2.14. The molecule has 1 N–H and O–H groups in total. The van der Waals surface area contributed by atoms with E-state index in [1.807, 2.05) is 13.8 Å². The third-order valence-corrected chi connectivity index (χ3v) is 3.42. The van der Waals surface area contributed by atoms with Crippen LogP contribution in [0.5, 0.6) is 0 Å². The molecule has 0 spiro atoms.